The molecule has 0 aliphatic heterocycles. The van der Waals surface area contributed by atoms with Crippen molar-refractivity contribution in [1.82, 2.24) is 10.6 Å². The predicted molar refractivity (Wildman–Crippen MR) is 58.1 cm³/mol. The Morgan fingerprint density at radius 2 is 2.21 bits per heavy atom. The Balaban J connectivity index is 2.14. The fourth-order valence-electron chi connectivity index (χ4n) is 2.12. The number of carbonyl (C=O) groups is 1. The van der Waals surface area contributed by atoms with E-state index in [0.29, 0.717) is 12.6 Å². The molecule has 0 radical (unpaired) electrons. The van der Waals surface area contributed by atoms with Gasteiger partial charge in [0.15, 0.2) is 0 Å². The first kappa shape index (κ1) is 11.5. The highest BCUT2D eigenvalue weighted by Gasteiger charge is 2.18. The Kier molecular flexibility index (Phi) is 4.94. The van der Waals surface area contributed by atoms with Crippen molar-refractivity contribution in [2.75, 3.05) is 13.1 Å². The standard InChI is InChI=1S/C11H22N2O/c1-3-12-11(14)8-13-10-6-4-5-9(2)7-10/h9-10,13H,3-8H2,1-2H3,(H,12,14). The van der Waals surface area contributed by atoms with Gasteiger partial charge in [0.2, 0.25) is 5.91 Å². The maximum Gasteiger partial charge on any atom is 0.233 e. The van der Waals surface area contributed by atoms with Gasteiger partial charge >= 0.3 is 0 Å². The number of hydrogen-bond acceptors (Lipinski definition) is 2. The molecule has 0 heterocycles. The van der Waals surface area contributed by atoms with Gasteiger partial charge in [0.05, 0.1) is 6.54 Å². The van der Waals surface area contributed by atoms with E-state index in [1.54, 1.807) is 0 Å². The fraction of sp³-hybridized carbons (Fsp3) is 0.909. The van der Waals surface area contributed by atoms with Crippen molar-refractivity contribution >= 4 is 5.91 Å². The second-order valence-corrected chi connectivity index (χ2v) is 4.30. The van der Waals surface area contributed by atoms with Crippen molar-refractivity contribution in [3.8, 4) is 0 Å². The summed E-state index contributed by atoms with van der Waals surface area (Å²) in [5, 5.41) is 6.12. The van der Waals surface area contributed by atoms with Crippen LogP contribution >= 0.6 is 0 Å². The molecule has 1 aliphatic carbocycles. The highest BCUT2D eigenvalue weighted by atomic mass is 16.1. The van der Waals surface area contributed by atoms with Crippen molar-refractivity contribution in [3.63, 3.8) is 0 Å². The van der Waals surface area contributed by atoms with E-state index in [4.69, 9.17) is 0 Å². The zero-order chi connectivity index (χ0) is 10.4. The van der Waals surface area contributed by atoms with E-state index < -0.39 is 0 Å². The van der Waals surface area contributed by atoms with Gasteiger partial charge in [-0.1, -0.05) is 19.8 Å². The van der Waals surface area contributed by atoms with Crippen molar-refractivity contribution in [1.29, 1.82) is 0 Å². The molecule has 2 unspecified atom stereocenters. The minimum absolute atomic E-state index is 0.116. The topological polar surface area (TPSA) is 41.1 Å². The predicted octanol–water partition coefficient (Wildman–Crippen LogP) is 1.29. The molecule has 1 aliphatic rings. The third-order valence-electron chi connectivity index (χ3n) is 2.86. The molecule has 3 nitrogen and oxygen atoms in total. The van der Waals surface area contributed by atoms with Gasteiger partial charge in [-0.3, -0.25) is 4.79 Å². The zero-order valence-electron chi connectivity index (χ0n) is 9.31. The molecule has 1 saturated carbocycles. The third kappa shape index (κ3) is 4.09. The minimum Gasteiger partial charge on any atom is -0.355 e. The van der Waals surface area contributed by atoms with Crippen LogP contribution in [0.1, 0.15) is 39.5 Å². The molecule has 0 aromatic rings. The summed E-state index contributed by atoms with van der Waals surface area (Å²) in [4.78, 5) is 11.2. The Hall–Kier alpha value is -0.570. The number of amides is 1. The maximum atomic E-state index is 11.2. The summed E-state index contributed by atoms with van der Waals surface area (Å²) in [6.07, 6.45) is 5.09. The normalized spacial score (nSPS) is 27.3. The van der Waals surface area contributed by atoms with Gasteiger partial charge in [0.1, 0.15) is 0 Å². The van der Waals surface area contributed by atoms with Gasteiger partial charge in [-0.05, 0) is 25.7 Å². The van der Waals surface area contributed by atoms with E-state index >= 15 is 0 Å². The van der Waals surface area contributed by atoms with Gasteiger partial charge in [-0.15, -0.1) is 0 Å². The van der Waals surface area contributed by atoms with Gasteiger partial charge in [0, 0.05) is 12.6 Å². The van der Waals surface area contributed by atoms with Crippen molar-refractivity contribution in [2.45, 2.75) is 45.6 Å². The summed E-state index contributed by atoms with van der Waals surface area (Å²) in [6.45, 7) is 5.44. The van der Waals surface area contributed by atoms with E-state index in [-0.39, 0.29) is 5.91 Å². The molecule has 0 bridgehead atoms. The van der Waals surface area contributed by atoms with E-state index in [2.05, 4.69) is 17.6 Å². The molecule has 14 heavy (non-hydrogen) atoms. The average molecular weight is 198 g/mol. The van der Waals surface area contributed by atoms with Crippen LogP contribution in [0.5, 0.6) is 0 Å². The lowest BCUT2D eigenvalue weighted by atomic mass is 9.87. The molecule has 2 atom stereocenters. The van der Waals surface area contributed by atoms with Crippen LogP contribution in [0.25, 0.3) is 0 Å². The first-order valence-electron chi connectivity index (χ1n) is 5.72. The number of rotatable bonds is 4. The first-order valence-corrected chi connectivity index (χ1v) is 5.72. The number of nitrogens with one attached hydrogen (secondary N) is 2. The SMILES string of the molecule is CCNC(=O)CNC1CCCC(C)C1. The van der Waals surface area contributed by atoms with Crippen molar-refractivity contribution < 1.29 is 4.79 Å². The summed E-state index contributed by atoms with van der Waals surface area (Å²) in [5.74, 6) is 0.932. The fourth-order valence-corrected chi connectivity index (χ4v) is 2.12. The molecule has 1 amide bonds. The summed E-state index contributed by atoms with van der Waals surface area (Å²) in [7, 11) is 0. The molecule has 82 valence electrons. The highest BCUT2D eigenvalue weighted by Crippen LogP contribution is 2.23. The lowest BCUT2D eigenvalue weighted by molar-refractivity contribution is -0.120. The molecular weight excluding hydrogens is 176 g/mol. The average Bonchev–Trinajstić information content (AvgIpc) is 2.15. The summed E-state index contributed by atoms with van der Waals surface area (Å²) in [6, 6.07) is 0.557. The van der Waals surface area contributed by atoms with Crippen LogP contribution in [0.3, 0.4) is 0 Å². The Morgan fingerprint density at radius 3 is 2.86 bits per heavy atom. The van der Waals surface area contributed by atoms with Crippen molar-refractivity contribution in [3.05, 3.63) is 0 Å². The maximum absolute atomic E-state index is 11.2. The Labute approximate surface area is 86.6 Å². The Bertz CT molecular complexity index is 182. The quantitative estimate of drug-likeness (QED) is 0.714. The molecule has 2 N–H and O–H groups in total. The molecule has 1 rings (SSSR count). The van der Waals surface area contributed by atoms with Crippen LogP contribution in [0, 0.1) is 5.92 Å². The molecule has 1 fully saturated rings. The zero-order valence-corrected chi connectivity index (χ0v) is 9.31. The van der Waals surface area contributed by atoms with Crippen LogP contribution in [-0.2, 0) is 4.79 Å². The Morgan fingerprint density at radius 1 is 1.43 bits per heavy atom. The van der Waals surface area contributed by atoms with Gasteiger partial charge in [0.25, 0.3) is 0 Å². The van der Waals surface area contributed by atoms with E-state index in [9.17, 15) is 4.79 Å². The summed E-state index contributed by atoms with van der Waals surface area (Å²) >= 11 is 0. The number of likely N-dealkylation sites (N-methyl/N-ethyl adjacent to an activating group) is 1. The van der Waals surface area contributed by atoms with E-state index in [0.717, 1.165) is 12.5 Å². The number of carbonyl (C=O) groups excluding carboxylic acids is 1. The van der Waals surface area contributed by atoms with Gasteiger partial charge in [-0.2, -0.15) is 0 Å². The largest absolute Gasteiger partial charge is 0.355 e. The third-order valence-corrected chi connectivity index (χ3v) is 2.86. The van der Waals surface area contributed by atoms with Crippen LogP contribution in [0.2, 0.25) is 0 Å². The van der Waals surface area contributed by atoms with Crippen molar-refractivity contribution in [2.24, 2.45) is 5.92 Å². The molecule has 0 aromatic heterocycles. The highest BCUT2D eigenvalue weighted by molar-refractivity contribution is 5.77. The van der Waals surface area contributed by atoms with E-state index in [1.165, 1.54) is 25.7 Å². The van der Waals surface area contributed by atoms with E-state index in [1.807, 2.05) is 6.92 Å². The molecule has 3 heteroatoms. The lowest BCUT2D eigenvalue weighted by Gasteiger charge is -2.27. The molecule has 0 spiro atoms. The molecule has 0 saturated heterocycles. The van der Waals surface area contributed by atoms with Crippen LogP contribution in [0.15, 0.2) is 0 Å². The van der Waals surface area contributed by atoms with Crippen LogP contribution < -0.4 is 10.6 Å². The van der Waals surface area contributed by atoms with Crippen LogP contribution in [0.4, 0.5) is 0 Å². The summed E-state index contributed by atoms with van der Waals surface area (Å²) < 4.78 is 0. The second-order valence-electron chi connectivity index (χ2n) is 4.30. The molecular formula is C11H22N2O. The first-order chi connectivity index (χ1) is 6.72. The van der Waals surface area contributed by atoms with Gasteiger partial charge in [-0.25, -0.2) is 0 Å². The second kappa shape index (κ2) is 6.02. The lowest BCUT2D eigenvalue weighted by Crippen LogP contribution is -2.41. The minimum atomic E-state index is 0.116. The van der Waals surface area contributed by atoms with Crippen LogP contribution in [-0.4, -0.2) is 25.0 Å². The monoisotopic (exact) mass is 198 g/mol. The molecule has 0 aromatic carbocycles. The summed E-state index contributed by atoms with van der Waals surface area (Å²) in [5.41, 5.74) is 0. The number of hydrogen-bond donors (Lipinski definition) is 2. The smallest absolute Gasteiger partial charge is 0.233 e. The van der Waals surface area contributed by atoms with Gasteiger partial charge < -0.3 is 10.6 Å².